The van der Waals surface area contributed by atoms with Crippen LogP contribution in [0.4, 0.5) is 0 Å². The fraction of sp³-hybridized carbons (Fsp3) is 0.400. The van der Waals surface area contributed by atoms with E-state index in [1.54, 1.807) is 0 Å². The van der Waals surface area contributed by atoms with Gasteiger partial charge in [-0.05, 0) is 28.7 Å². The van der Waals surface area contributed by atoms with Crippen LogP contribution in [0.15, 0.2) is 48.5 Å². The molecule has 122 valence electrons. The van der Waals surface area contributed by atoms with Crippen molar-refractivity contribution in [2.45, 2.75) is 26.6 Å². The minimum atomic E-state index is 0.0842. The van der Waals surface area contributed by atoms with E-state index in [4.69, 9.17) is 14.6 Å². The van der Waals surface area contributed by atoms with Crippen molar-refractivity contribution in [3.8, 4) is 11.1 Å². The average Bonchev–Trinajstić information content (AvgIpc) is 2.58. The van der Waals surface area contributed by atoms with Crippen molar-refractivity contribution in [2.24, 2.45) is 5.41 Å². The zero-order chi connectivity index (χ0) is 16.1. The summed E-state index contributed by atoms with van der Waals surface area (Å²) in [6.45, 7) is 5.35. The molecule has 1 fully saturated rings. The number of hydrogen-bond donors (Lipinski definition) is 1. The van der Waals surface area contributed by atoms with Crippen molar-refractivity contribution < 1.29 is 14.6 Å². The Bertz CT molecular complexity index is 607. The second-order valence-electron chi connectivity index (χ2n) is 6.39. The normalized spacial score (nSPS) is 16.1. The molecular weight excluding hydrogens is 288 g/mol. The lowest BCUT2D eigenvalue weighted by Gasteiger charge is -2.40. The molecule has 0 spiro atoms. The van der Waals surface area contributed by atoms with E-state index >= 15 is 0 Å². The summed E-state index contributed by atoms with van der Waals surface area (Å²) in [5.74, 6) is 0. The molecule has 0 bridgehead atoms. The van der Waals surface area contributed by atoms with E-state index in [9.17, 15) is 0 Å². The average molecular weight is 312 g/mol. The van der Waals surface area contributed by atoms with E-state index in [1.807, 2.05) is 24.3 Å². The number of hydrogen-bond acceptors (Lipinski definition) is 3. The highest BCUT2D eigenvalue weighted by molar-refractivity contribution is 5.63. The van der Waals surface area contributed by atoms with E-state index in [0.29, 0.717) is 6.61 Å². The molecule has 23 heavy (non-hydrogen) atoms. The minimum absolute atomic E-state index is 0.0842. The number of benzene rings is 2. The van der Waals surface area contributed by atoms with Gasteiger partial charge >= 0.3 is 0 Å². The molecule has 0 amide bonds. The third-order valence-electron chi connectivity index (χ3n) is 4.67. The van der Waals surface area contributed by atoms with Gasteiger partial charge in [-0.3, -0.25) is 0 Å². The molecule has 3 nitrogen and oxygen atoms in total. The fourth-order valence-corrected chi connectivity index (χ4v) is 2.76. The van der Waals surface area contributed by atoms with Crippen LogP contribution in [0.5, 0.6) is 0 Å². The van der Waals surface area contributed by atoms with E-state index in [1.165, 1.54) is 11.1 Å². The SMILES string of the molecule is CCC1(COCc2ccc(-c3ccc(CO)cc3)cc2)COC1. The van der Waals surface area contributed by atoms with Gasteiger partial charge in [0.2, 0.25) is 0 Å². The summed E-state index contributed by atoms with van der Waals surface area (Å²) in [7, 11) is 0. The van der Waals surface area contributed by atoms with Crippen LogP contribution in [-0.2, 0) is 22.7 Å². The number of aliphatic hydroxyl groups excluding tert-OH is 1. The summed E-state index contributed by atoms with van der Waals surface area (Å²) in [5, 5.41) is 9.09. The van der Waals surface area contributed by atoms with Gasteiger partial charge in [0.1, 0.15) is 0 Å². The van der Waals surface area contributed by atoms with Crippen molar-refractivity contribution in [3.05, 3.63) is 59.7 Å². The molecule has 1 saturated heterocycles. The van der Waals surface area contributed by atoms with Crippen LogP contribution in [0.2, 0.25) is 0 Å². The number of ether oxygens (including phenoxy) is 2. The minimum Gasteiger partial charge on any atom is -0.392 e. The quantitative estimate of drug-likeness (QED) is 0.845. The molecule has 3 heteroatoms. The maximum absolute atomic E-state index is 9.09. The predicted molar refractivity (Wildman–Crippen MR) is 91.0 cm³/mol. The molecule has 0 unspecified atom stereocenters. The molecule has 1 aliphatic rings. The third-order valence-corrected chi connectivity index (χ3v) is 4.67. The predicted octanol–water partition coefficient (Wildman–Crippen LogP) is 3.79. The molecule has 2 aromatic rings. The van der Waals surface area contributed by atoms with Gasteiger partial charge < -0.3 is 14.6 Å². The Morgan fingerprint density at radius 3 is 1.96 bits per heavy atom. The highest BCUT2D eigenvalue weighted by Gasteiger charge is 2.36. The first-order chi connectivity index (χ1) is 11.2. The molecule has 0 aromatic heterocycles. The summed E-state index contributed by atoms with van der Waals surface area (Å²) >= 11 is 0. The first-order valence-electron chi connectivity index (χ1n) is 8.19. The third kappa shape index (κ3) is 3.81. The van der Waals surface area contributed by atoms with E-state index in [2.05, 4.69) is 31.2 Å². The Hall–Kier alpha value is -1.68. The van der Waals surface area contributed by atoms with Crippen LogP contribution in [0.25, 0.3) is 11.1 Å². The van der Waals surface area contributed by atoms with E-state index in [-0.39, 0.29) is 12.0 Å². The highest BCUT2D eigenvalue weighted by atomic mass is 16.5. The van der Waals surface area contributed by atoms with Crippen molar-refractivity contribution in [2.75, 3.05) is 19.8 Å². The lowest BCUT2D eigenvalue weighted by Crippen LogP contribution is -2.45. The van der Waals surface area contributed by atoms with Crippen LogP contribution >= 0.6 is 0 Å². The summed E-state index contributed by atoms with van der Waals surface area (Å²) in [6.07, 6.45) is 1.11. The number of rotatable bonds is 7. The largest absolute Gasteiger partial charge is 0.392 e. The van der Waals surface area contributed by atoms with Crippen molar-refractivity contribution in [3.63, 3.8) is 0 Å². The molecule has 3 rings (SSSR count). The van der Waals surface area contributed by atoms with Gasteiger partial charge in [0.05, 0.1) is 33.0 Å². The second kappa shape index (κ2) is 7.26. The van der Waals surface area contributed by atoms with Gasteiger partial charge in [0.15, 0.2) is 0 Å². The maximum Gasteiger partial charge on any atom is 0.0717 e. The Kier molecular flexibility index (Phi) is 5.11. The smallest absolute Gasteiger partial charge is 0.0717 e. The van der Waals surface area contributed by atoms with Crippen LogP contribution < -0.4 is 0 Å². The zero-order valence-electron chi connectivity index (χ0n) is 13.6. The Labute approximate surface area is 137 Å². The van der Waals surface area contributed by atoms with Crippen molar-refractivity contribution >= 4 is 0 Å². The summed E-state index contributed by atoms with van der Waals surface area (Å²) in [4.78, 5) is 0. The van der Waals surface area contributed by atoms with Crippen molar-refractivity contribution in [1.82, 2.24) is 0 Å². The lowest BCUT2D eigenvalue weighted by atomic mass is 9.84. The van der Waals surface area contributed by atoms with Gasteiger partial charge in [-0.2, -0.15) is 0 Å². The molecule has 1 heterocycles. The van der Waals surface area contributed by atoms with Crippen LogP contribution in [-0.4, -0.2) is 24.9 Å². The summed E-state index contributed by atoms with van der Waals surface area (Å²) in [6, 6.07) is 16.5. The molecule has 2 aromatic carbocycles. The summed E-state index contributed by atoms with van der Waals surface area (Å²) in [5.41, 5.74) is 4.70. The first kappa shape index (κ1) is 16.2. The lowest BCUT2D eigenvalue weighted by molar-refractivity contribution is -0.152. The Balaban J connectivity index is 1.56. The Morgan fingerprint density at radius 1 is 0.957 bits per heavy atom. The summed E-state index contributed by atoms with van der Waals surface area (Å²) < 4.78 is 11.2. The van der Waals surface area contributed by atoms with Crippen LogP contribution in [0, 0.1) is 5.41 Å². The van der Waals surface area contributed by atoms with Gasteiger partial charge in [-0.15, -0.1) is 0 Å². The standard InChI is InChI=1S/C20H24O3/c1-2-20(14-23-15-20)13-22-12-17-5-9-19(10-6-17)18-7-3-16(11-21)4-8-18/h3-10,21H,2,11-15H2,1H3. The molecule has 0 radical (unpaired) electrons. The molecular formula is C20H24O3. The van der Waals surface area contributed by atoms with E-state index < -0.39 is 0 Å². The monoisotopic (exact) mass is 312 g/mol. The Morgan fingerprint density at radius 2 is 1.52 bits per heavy atom. The topological polar surface area (TPSA) is 38.7 Å². The first-order valence-corrected chi connectivity index (χ1v) is 8.19. The van der Waals surface area contributed by atoms with E-state index in [0.717, 1.165) is 37.4 Å². The van der Waals surface area contributed by atoms with Gasteiger partial charge in [0.25, 0.3) is 0 Å². The highest BCUT2D eigenvalue weighted by Crippen LogP contribution is 2.31. The van der Waals surface area contributed by atoms with Crippen LogP contribution in [0.3, 0.4) is 0 Å². The van der Waals surface area contributed by atoms with Gasteiger partial charge in [-0.25, -0.2) is 0 Å². The number of aliphatic hydroxyl groups is 1. The second-order valence-corrected chi connectivity index (χ2v) is 6.39. The van der Waals surface area contributed by atoms with Crippen molar-refractivity contribution in [1.29, 1.82) is 0 Å². The molecule has 1 aliphatic heterocycles. The van der Waals surface area contributed by atoms with Crippen LogP contribution in [0.1, 0.15) is 24.5 Å². The molecule has 1 N–H and O–H groups in total. The van der Waals surface area contributed by atoms with Gasteiger partial charge in [-0.1, -0.05) is 55.5 Å². The fourth-order valence-electron chi connectivity index (χ4n) is 2.76. The molecule has 0 atom stereocenters. The molecule has 0 aliphatic carbocycles. The molecule has 0 saturated carbocycles. The zero-order valence-corrected chi connectivity index (χ0v) is 13.6. The maximum atomic E-state index is 9.09. The van der Waals surface area contributed by atoms with Gasteiger partial charge in [0, 0.05) is 5.41 Å².